The van der Waals surface area contributed by atoms with Crippen LogP contribution in [0, 0.1) is 10.1 Å². The summed E-state index contributed by atoms with van der Waals surface area (Å²) in [5.74, 6) is 0.237. The van der Waals surface area contributed by atoms with Crippen LogP contribution >= 0.6 is 0 Å². The largest absolute Gasteiger partial charge is 0.416 e. The number of imidazole rings is 1. The molecule has 1 unspecified atom stereocenters. The first-order valence-electron chi connectivity index (χ1n) is 8.98. The lowest BCUT2D eigenvalue weighted by Crippen LogP contribution is -2.28. The van der Waals surface area contributed by atoms with Crippen molar-refractivity contribution < 1.29 is 22.9 Å². The van der Waals surface area contributed by atoms with Gasteiger partial charge in [0.1, 0.15) is 11.5 Å². The second-order valence-corrected chi connectivity index (χ2v) is 6.59. The Labute approximate surface area is 168 Å². The van der Waals surface area contributed by atoms with Crippen molar-refractivity contribution in [3.05, 3.63) is 64.0 Å². The highest BCUT2D eigenvalue weighted by atomic mass is 19.4. The summed E-state index contributed by atoms with van der Waals surface area (Å²) >= 11 is 0. The molecule has 1 amide bonds. The van der Waals surface area contributed by atoms with Crippen LogP contribution in [0.5, 0.6) is 0 Å². The molecule has 1 aromatic heterocycles. The molecule has 0 saturated heterocycles. The smallest absolute Gasteiger partial charge is 0.379 e. The second kappa shape index (κ2) is 8.39. The van der Waals surface area contributed by atoms with Crippen LogP contribution in [0.15, 0.2) is 42.5 Å². The van der Waals surface area contributed by atoms with Gasteiger partial charge in [-0.15, -0.1) is 0 Å². The molecule has 0 saturated carbocycles. The Kier molecular flexibility index (Phi) is 5.90. The zero-order valence-electron chi connectivity index (χ0n) is 15.8. The lowest BCUT2D eigenvalue weighted by atomic mass is 10.1. The standard InChI is InChI=1S/C19H18F3N5O3/c1-11(18-25-13-4-2-3-5-14(13)26-18)24-17(28)8-9-23-15-7-6-12(19(20,21)22)10-16(15)27(29)30/h2-7,10-11,23H,8-9H2,1H3,(H,24,28)(H,25,26). The lowest BCUT2D eigenvalue weighted by Gasteiger charge is -2.13. The summed E-state index contributed by atoms with van der Waals surface area (Å²) < 4.78 is 38.2. The summed E-state index contributed by atoms with van der Waals surface area (Å²) in [5.41, 5.74) is -0.307. The van der Waals surface area contributed by atoms with E-state index in [0.29, 0.717) is 11.9 Å². The van der Waals surface area contributed by atoms with E-state index in [4.69, 9.17) is 0 Å². The van der Waals surface area contributed by atoms with Gasteiger partial charge in [0.2, 0.25) is 5.91 Å². The highest BCUT2D eigenvalue weighted by molar-refractivity contribution is 5.78. The molecule has 8 nitrogen and oxygen atoms in total. The maximum Gasteiger partial charge on any atom is 0.416 e. The summed E-state index contributed by atoms with van der Waals surface area (Å²) in [6, 6.07) is 9.21. The van der Waals surface area contributed by atoms with Gasteiger partial charge in [-0.2, -0.15) is 13.2 Å². The van der Waals surface area contributed by atoms with Gasteiger partial charge in [0.25, 0.3) is 5.69 Å². The number of H-pyrrole nitrogens is 1. The van der Waals surface area contributed by atoms with Gasteiger partial charge in [0.05, 0.1) is 27.6 Å². The van der Waals surface area contributed by atoms with Crippen LogP contribution in [-0.4, -0.2) is 27.3 Å². The maximum absolute atomic E-state index is 12.7. The number of aromatic amines is 1. The van der Waals surface area contributed by atoms with E-state index in [1.807, 2.05) is 24.3 Å². The molecule has 0 aliphatic rings. The van der Waals surface area contributed by atoms with Crippen LogP contribution in [0.3, 0.4) is 0 Å². The van der Waals surface area contributed by atoms with Gasteiger partial charge in [-0.25, -0.2) is 4.98 Å². The van der Waals surface area contributed by atoms with Crippen molar-refractivity contribution in [2.75, 3.05) is 11.9 Å². The summed E-state index contributed by atoms with van der Waals surface area (Å²) in [6.07, 6.45) is -4.72. The van der Waals surface area contributed by atoms with E-state index in [-0.39, 0.29) is 24.6 Å². The minimum atomic E-state index is -4.68. The van der Waals surface area contributed by atoms with Gasteiger partial charge in [0.15, 0.2) is 0 Å². The van der Waals surface area contributed by atoms with Crippen LogP contribution in [0.2, 0.25) is 0 Å². The van der Waals surface area contributed by atoms with Gasteiger partial charge >= 0.3 is 6.18 Å². The molecule has 0 aliphatic carbocycles. The number of rotatable bonds is 7. The maximum atomic E-state index is 12.7. The third-order valence-corrected chi connectivity index (χ3v) is 4.38. The lowest BCUT2D eigenvalue weighted by molar-refractivity contribution is -0.384. The van der Waals surface area contributed by atoms with Gasteiger partial charge in [0, 0.05) is 19.0 Å². The summed E-state index contributed by atoms with van der Waals surface area (Å²) in [7, 11) is 0. The number of fused-ring (bicyclic) bond motifs is 1. The van der Waals surface area contributed by atoms with Crippen LogP contribution in [-0.2, 0) is 11.0 Å². The number of nitro groups is 1. The fourth-order valence-electron chi connectivity index (χ4n) is 2.88. The monoisotopic (exact) mass is 421 g/mol. The van der Waals surface area contributed by atoms with Crippen molar-refractivity contribution in [3.8, 4) is 0 Å². The molecule has 0 aliphatic heterocycles. The van der Waals surface area contributed by atoms with Crippen molar-refractivity contribution in [3.63, 3.8) is 0 Å². The highest BCUT2D eigenvalue weighted by Crippen LogP contribution is 2.34. The van der Waals surface area contributed by atoms with Gasteiger partial charge in [-0.3, -0.25) is 14.9 Å². The van der Waals surface area contributed by atoms with Crippen LogP contribution < -0.4 is 10.6 Å². The van der Waals surface area contributed by atoms with E-state index in [0.717, 1.165) is 23.2 Å². The number of alkyl halides is 3. The van der Waals surface area contributed by atoms with Crippen LogP contribution in [0.4, 0.5) is 24.5 Å². The quantitative estimate of drug-likeness (QED) is 0.392. The van der Waals surface area contributed by atoms with Crippen molar-refractivity contribution in [1.29, 1.82) is 0 Å². The summed E-state index contributed by atoms with van der Waals surface area (Å²) in [6.45, 7) is 1.76. The Hall–Kier alpha value is -3.63. The van der Waals surface area contributed by atoms with Gasteiger partial charge in [-0.1, -0.05) is 12.1 Å². The van der Waals surface area contributed by atoms with E-state index >= 15 is 0 Å². The Morgan fingerprint density at radius 3 is 2.67 bits per heavy atom. The normalized spacial score (nSPS) is 12.5. The first kappa shape index (κ1) is 21.1. The molecule has 0 spiro atoms. The Bertz CT molecular complexity index is 1050. The fraction of sp³-hybridized carbons (Fsp3) is 0.263. The van der Waals surface area contributed by atoms with Crippen LogP contribution in [0.1, 0.15) is 30.8 Å². The molecule has 3 N–H and O–H groups in total. The molecule has 0 radical (unpaired) electrons. The molecule has 2 aromatic carbocycles. The zero-order valence-corrected chi connectivity index (χ0v) is 15.8. The number of anilines is 1. The number of nitro benzene ring substituents is 1. The Morgan fingerprint density at radius 1 is 1.27 bits per heavy atom. The van der Waals surface area contributed by atoms with Crippen LogP contribution in [0.25, 0.3) is 11.0 Å². The third-order valence-electron chi connectivity index (χ3n) is 4.38. The van der Waals surface area contributed by atoms with Crippen molar-refractivity contribution >= 4 is 28.3 Å². The fourth-order valence-corrected chi connectivity index (χ4v) is 2.88. The number of halogens is 3. The van der Waals surface area contributed by atoms with Crippen molar-refractivity contribution in [1.82, 2.24) is 15.3 Å². The number of nitrogens with one attached hydrogen (secondary N) is 3. The topological polar surface area (TPSA) is 113 Å². The molecule has 30 heavy (non-hydrogen) atoms. The number of hydrogen-bond donors (Lipinski definition) is 3. The average molecular weight is 421 g/mol. The van der Waals surface area contributed by atoms with E-state index in [1.54, 1.807) is 6.92 Å². The average Bonchev–Trinajstić information content (AvgIpc) is 3.11. The number of nitrogens with zero attached hydrogens (tertiary/aromatic N) is 2. The molecular weight excluding hydrogens is 403 g/mol. The van der Waals surface area contributed by atoms with Crippen molar-refractivity contribution in [2.24, 2.45) is 0 Å². The number of hydrogen-bond acceptors (Lipinski definition) is 5. The predicted molar refractivity (Wildman–Crippen MR) is 104 cm³/mol. The molecular formula is C19H18F3N5O3. The number of carbonyl (C=O) groups excluding carboxylic acids is 1. The molecule has 0 fully saturated rings. The van der Waals surface area contributed by atoms with E-state index in [9.17, 15) is 28.1 Å². The molecule has 3 aromatic rings. The predicted octanol–water partition coefficient (Wildman–Crippen LogP) is 4.17. The Balaban J connectivity index is 1.58. The number of aromatic nitrogens is 2. The number of amides is 1. The van der Waals surface area contributed by atoms with E-state index in [2.05, 4.69) is 20.6 Å². The minimum Gasteiger partial charge on any atom is -0.379 e. The molecule has 11 heteroatoms. The summed E-state index contributed by atoms with van der Waals surface area (Å²) in [5, 5.41) is 16.5. The first-order chi connectivity index (χ1) is 14.1. The zero-order chi connectivity index (χ0) is 21.9. The number of benzene rings is 2. The molecule has 158 valence electrons. The molecule has 1 heterocycles. The Morgan fingerprint density at radius 2 is 2.00 bits per heavy atom. The third kappa shape index (κ3) is 4.85. The SMILES string of the molecule is CC(NC(=O)CCNc1ccc(C(F)(F)F)cc1[N+](=O)[O-])c1nc2ccccc2[nH]1. The van der Waals surface area contributed by atoms with Crippen molar-refractivity contribution in [2.45, 2.75) is 25.6 Å². The minimum absolute atomic E-state index is 0.00485. The molecule has 3 rings (SSSR count). The van der Waals surface area contributed by atoms with Gasteiger partial charge < -0.3 is 15.6 Å². The van der Waals surface area contributed by atoms with E-state index in [1.165, 1.54) is 0 Å². The second-order valence-electron chi connectivity index (χ2n) is 6.59. The van der Waals surface area contributed by atoms with E-state index < -0.39 is 28.4 Å². The highest BCUT2D eigenvalue weighted by Gasteiger charge is 2.33. The van der Waals surface area contributed by atoms with Gasteiger partial charge in [-0.05, 0) is 31.2 Å². The molecule has 0 bridgehead atoms. The first-order valence-corrected chi connectivity index (χ1v) is 8.98. The number of carbonyl (C=O) groups is 1. The molecule has 1 atom stereocenters. The summed E-state index contributed by atoms with van der Waals surface area (Å²) in [4.78, 5) is 29.9. The number of para-hydroxylation sites is 2.